The number of rotatable bonds is 2. The van der Waals surface area contributed by atoms with Crippen molar-refractivity contribution in [1.82, 2.24) is 9.47 Å². The van der Waals surface area contributed by atoms with Gasteiger partial charge in [0, 0.05) is 25.0 Å². The molecule has 0 unspecified atom stereocenters. The van der Waals surface area contributed by atoms with Crippen LogP contribution in [-0.2, 0) is 16.8 Å². The monoisotopic (exact) mass is 393 g/mol. The molecule has 0 aliphatic carbocycles. The Bertz CT molecular complexity index is 1080. The van der Waals surface area contributed by atoms with Gasteiger partial charge in [0.05, 0.1) is 23.3 Å². The number of carbonyl (C=O) groups excluding carboxylic acids is 1. The van der Waals surface area contributed by atoms with Crippen LogP contribution in [0.2, 0.25) is 0 Å². The van der Waals surface area contributed by atoms with E-state index in [4.69, 9.17) is 0 Å². The summed E-state index contributed by atoms with van der Waals surface area (Å²) < 4.78 is 29.3. The maximum Gasteiger partial charge on any atom is 0.226 e. The van der Waals surface area contributed by atoms with Gasteiger partial charge in [0.25, 0.3) is 0 Å². The maximum absolute atomic E-state index is 13.8. The van der Waals surface area contributed by atoms with E-state index in [1.54, 1.807) is 18.2 Å². The summed E-state index contributed by atoms with van der Waals surface area (Å²) in [4.78, 5) is 14.6. The number of carbonyl (C=O) groups is 1. The summed E-state index contributed by atoms with van der Waals surface area (Å²) in [5, 5.41) is 3.56. The van der Waals surface area contributed by atoms with Gasteiger partial charge in [0.1, 0.15) is 11.6 Å². The van der Waals surface area contributed by atoms with Gasteiger partial charge in [-0.2, -0.15) is 0 Å². The molecule has 5 rings (SSSR count). The molecule has 1 spiro atoms. The fraction of sp³-hybridized carbons (Fsp3) is 0.261. The average Bonchev–Trinajstić information content (AvgIpc) is 3.19. The van der Waals surface area contributed by atoms with E-state index in [0.29, 0.717) is 18.7 Å². The van der Waals surface area contributed by atoms with Crippen LogP contribution in [0.15, 0.2) is 60.8 Å². The van der Waals surface area contributed by atoms with Crippen molar-refractivity contribution < 1.29 is 13.6 Å². The SMILES string of the molecule is O=C(Cc1cccc(F)c1)N1CCC2(CC1)Nc1cc(F)ccc1-n1cccc12. The first kappa shape index (κ1) is 17.9. The van der Waals surface area contributed by atoms with E-state index in [2.05, 4.69) is 16.0 Å². The third-order valence-corrected chi connectivity index (χ3v) is 6.05. The first-order valence-electron chi connectivity index (χ1n) is 9.82. The maximum atomic E-state index is 13.8. The normalized spacial score (nSPS) is 16.8. The molecule has 1 amide bonds. The van der Waals surface area contributed by atoms with E-state index < -0.39 is 0 Å². The van der Waals surface area contributed by atoms with Gasteiger partial charge in [-0.05, 0) is 60.9 Å². The van der Waals surface area contributed by atoms with Crippen LogP contribution in [0.5, 0.6) is 0 Å². The van der Waals surface area contributed by atoms with Gasteiger partial charge in [-0.25, -0.2) is 8.78 Å². The molecule has 29 heavy (non-hydrogen) atoms. The lowest BCUT2D eigenvalue weighted by Gasteiger charge is -2.46. The first-order chi connectivity index (χ1) is 14.0. The van der Waals surface area contributed by atoms with E-state index in [-0.39, 0.29) is 29.5 Å². The van der Waals surface area contributed by atoms with E-state index in [9.17, 15) is 13.6 Å². The Hall–Kier alpha value is -3.15. The minimum atomic E-state index is -0.333. The molecule has 1 fully saturated rings. The smallest absolute Gasteiger partial charge is 0.226 e. The molecule has 2 aliphatic heterocycles. The van der Waals surface area contributed by atoms with Gasteiger partial charge >= 0.3 is 0 Å². The van der Waals surface area contributed by atoms with Crippen LogP contribution in [-0.4, -0.2) is 28.5 Å². The molecule has 4 nitrogen and oxygen atoms in total. The molecule has 0 saturated carbocycles. The van der Waals surface area contributed by atoms with Gasteiger partial charge < -0.3 is 14.8 Å². The molecule has 3 heterocycles. The topological polar surface area (TPSA) is 37.3 Å². The lowest BCUT2D eigenvalue weighted by atomic mass is 9.82. The van der Waals surface area contributed by atoms with Crippen molar-refractivity contribution in [2.24, 2.45) is 0 Å². The summed E-state index contributed by atoms with van der Waals surface area (Å²) in [5.41, 5.74) is 3.19. The highest BCUT2D eigenvalue weighted by Crippen LogP contribution is 2.43. The van der Waals surface area contributed by atoms with Crippen molar-refractivity contribution in [3.63, 3.8) is 0 Å². The Labute approximate surface area is 167 Å². The van der Waals surface area contributed by atoms with Crippen LogP contribution in [0.4, 0.5) is 14.5 Å². The predicted octanol–water partition coefficient (Wildman–Crippen LogP) is 4.24. The minimum absolute atomic E-state index is 0.00286. The molecule has 1 N–H and O–H groups in total. The van der Waals surface area contributed by atoms with E-state index in [1.165, 1.54) is 24.3 Å². The van der Waals surface area contributed by atoms with Crippen LogP contribution in [0.1, 0.15) is 24.1 Å². The first-order valence-corrected chi connectivity index (χ1v) is 9.82. The molecule has 0 bridgehead atoms. The zero-order valence-corrected chi connectivity index (χ0v) is 15.9. The Morgan fingerprint density at radius 2 is 1.79 bits per heavy atom. The number of anilines is 1. The minimum Gasteiger partial charge on any atom is -0.372 e. The summed E-state index contributed by atoms with van der Waals surface area (Å²) >= 11 is 0. The number of likely N-dealkylation sites (tertiary alicyclic amines) is 1. The molecule has 148 valence electrons. The number of benzene rings is 2. The standard InChI is InChI=1S/C23H21F2N3O/c24-17-4-1-3-16(13-17)14-22(29)27-11-8-23(9-12-27)21-5-2-10-28(21)20-7-6-18(25)15-19(20)26-23/h1-7,10,13,15,26H,8-9,11-12,14H2. The number of nitrogens with one attached hydrogen (secondary N) is 1. The number of aromatic nitrogens is 1. The summed E-state index contributed by atoms with van der Waals surface area (Å²) in [5.74, 6) is -0.598. The molecule has 1 saturated heterocycles. The molecule has 2 aliphatic rings. The molecular weight excluding hydrogens is 372 g/mol. The summed E-state index contributed by atoms with van der Waals surface area (Å²) in [6.45, 7) is 1.19. The summed E-state index contributed by atoms with van der Waals surface area (Å²) in [6, 6.07) is 15.0. The van der Waals surface area contributed by atoms with Crippen molar-refractivity contribution in [2.45, 2.75) is 24.8 Å². The summed E-state index contributed by atoms with van der Waals surface area (Å²) in [6.07, 6.45) is 3.64. The van der Waals surface area contributed by atoms with Crippen molar-refractivity contribution in [3.8, 4) is 5.69 Å². The second-order valence-corrected chi connectivity index (χ2v) is 7.82. The Morgan fingerprint density at radius 1 is 1.00 bits per heavy atom. The Balaban J connectivity index is 1.35. The number of hydrogen-bond donors (Lipinski definition) is 1. The molecule has 3 aromatic rings. The van der Waals surface area contributed by atoms with Gasteiger partial charge in [-0.3, -0.25) is 4.79 Å². The lowest BCUT2D eigenvalue weighted by molar-refractivity contribution is -0.132. The number of halogens is 2. The molecule has 0 radical (unpaired) electrons. The fourth-order valence-electron chi connectivity index (χ4n) is 4.57. The lowest BCUT2D eigenvalue weighted by Crippen LogP contribution is -2.51. The number of nitrogens with zero attached hydrogens (tertiary/aromatic N) is 2. The van der Waals surface area contributed by atoms with Crippen molar-refractivity contribution >= 4 is 11.6 Å². The van der Waals surface area contributed by atoms with Crippen LogP contribution in [0.3, 0.4) is 0 Å². The van der Waals surface area contributed by atoms with E-state index in [0.717, 1.165) is 29.9 Å². The van der Waals surface area contributed by atoms with Gasteiger partial charge in [0.2, 0.25) is 5.91 Å². The van der Waals surface area contributed by atoms with Gasteiger partial charge in [-0.1, -0.05) is 12.1 Å². The van der Waals surface area contributed by atoms with Crippen molar-refractivity contribution in [1.29, 1.82) is 0 Å². The highest BCUT2D eigenvalue weighted by molar-refractivity contribution is 5.79. The number of piperidine rings is 1. The molecule has 1 aromatic heterocycles. The largest absolute Gasteiger partial charge is 0.372 e. The van der Waals surface area contributed by atoms with Crippen LogP contribution in [0, 0.1) is 11.6 Å². The van der Waals surface area contributed by atoms with E-state index >= 15 is 0 Å². The average molecular weight is 393 g/mol. The van der Waals surface area contributed by atoms with Crippen LogP contribution >= 0.6 is 0 Å². The number of amides is 1. The quantitative estimate of drug-likeness (QED) is 0.707. The molecule has 2 aromatic carbocycles. The Morgan fingerprint density at radius 3 is 2.59 bits per heavy atom. The van der Waals surface area contributed by atoms with Crippen LogP contribution < -0.4 is 5.32 Å². The third kappa shape index (κ3) is 3.09. The van der Waals surface area contributed by atoms with Crippen LogP contribution in [0.25, 0.3) is 5.69 Å². The second kappa shape index (κ2) is 6.72. The molecule has 0 atom stereocenters. The van der Waals surface area contributed by atoms with E-state index in [1.807, 2.05) is 17.2 Å². The molecule has 6 heteroatoms. The highest BCUT2D eigenvalue weighted by Gasteiger charge is 2.42. The second-order valence-electron chi connectivity index (χ2n) is 7.82. The van der Waals surface area contributed by atoms with Gasteiger partial charge in [-0.15, -0.1) is 0 Å². The fourth-order valence-corrected chi connectivity index (χ4v) is 4.57. The zero-order chi connectivity index (χ0) is 20.0. The van der Waals surface area contributed by atoms with Crippen molar-refractivity contribution in [2.75, 3.05) is 18.4 Å². The van der Waals surface area contributed by atoms with Crippen molar-refractivity contribution in [3.05, 3.63) is 83.7 Å². The highest BCUT2D eigenvalue weighted by atomic mass is 19.1. The zero-order valence-electron chi connectivity index (χ0n) is 15.9. The number of fused-ring (bicyclic) bond motifs is 4. The van der Waals surface area contributed by atoms with Gasteiger partial charge in [0.15, 0.2) is 0 Å². The summed E-state index contributed by atoms with van der Waals surface area (Å²) in [7, 11) is 0. The third-order valence-electron chi connectivity index (χ3n) is 6.05. The number of hydrogen-bond acceptors (Lipinski definition) is 2. The molecular formula is C23H21F2N3O. The predicted molar refractivity (Wildman–Crippen MR) is 107 cm³/mol. The Kier molecular flexibility index (Phi) is 4.15.